The molecule has 0 spiro atoms. The molecule has 0 atom stereocenters. The van der Waals surface area contributed by atoms with Gasteiger partial charge in [-0.3, -0.25) is 0 Å². The summed E-state index contributed by atoms with van der Waals surface area (Å²) in [4.78, 5) is 6.41. The van der Waals surface area contributed by atoms with Crippen molar-refractivity contribution in [2.75, 3.05) is 11.4 Å². The fourth-order valence-electron chi connectivity index (χ4n) is 1.45. The minimum atomic E-state index is -0.146. The van der Waals surface area contributed by atoms with Crippen LogP contribution in [0, 0.1) is 0 Å². The van der Waals surface area contributed by atoms with E-state index in [9.17, 15) is 0 Å². The largest absolute Gasteiger partial charge is 0.390 e. The van der Waals surface area contributed by atoms with Gasteiger partial charge < -0.3 is 10.0 Å². The number of aromatic nitrogens is 1. The molecular weight excluding hydrogens is 224 g/mol. The molecule has 1 N–H and O–H groups in total. The summed E-state index contributed by atoms with van der Waals surface area (Å²) in [5.74, 6) is 0.809. The molecule has 0 radical (unpaired) electrons. The zero-order valence-corrected chi connectivity index (χ0v) is 10.4. The summed E-state index contributed by atoms with van der Waals surface area (Å²) >= 11 is 5.90. The maximum Gasteiger partial charge on any atom is 0.129 e. The summed E-state index contributed by atoms with van der Waals surface area (Å²) in [6.45, 7) is 8.46. The molecule has 0 saturated carbocycles. The van der Waals surface area contributed by atoms with Crippen LogP contribution in [0.1, 0.15) is 19.5 Å². The average Bonchev–Trinajstić information content (AvgIpc) is 2.26. The van der Waals surface area contributed by atoms with E-state index < -0.39 is 0 Å². The smallest absolute Gasteiger partial charge is 0.129 e. The van der Waals surface area contributed by atoms with Crippen LogP contribution in [0.25, 0.3) is 0 Å². The number of rotatable bonds is 5. The van der Waals surface area contributed by atoms with Crippen molar-refractivity contribution in [2.45, 2.75) is 26.5 Å². The Morgan fingerprint density at radius 1 is 1.56 bits per heavy atom. The molecule has 16 heavy (non-hydrogen) atoms. The van der Waals surface area contributed by atoms with Crippen LogP contribution < -0.4 is 4.90 Å². The molecule has 1 heterocycles. The van der Waals surface area contributed by atoms with Gasteiger partial charge in [0.1, 0.15) is 5.82 Å². The van der Waals surface area contributed by atoms with Gasteiger partial charge in [-0.2, -0.15) is 0 Å². The van der Waals surface area contributed by atoms with Crippen molar-refractivity contribution >= 4 is 17.4 Å². The second-order valence-corrected chi connectivity index (χ2v) is 4.20. The Balaban J connectivity index is 3.04. The SMILES string of the molecule is C=CCN(c1ccc(Cl)c(CO)n1)C(C)C. The van der Waals surface area contributed by atoms with Crippen molar-refractivity contribution in [3.8, 4) is 0 Å². The Morgan fingerprint density at radius 2 is 2.25 bits per heavy atom. The van der Waals surface area contributed by atoms with E-state index in [1.54, 1.807) is 6.07 Å². The van der Waals surface area contributed by atoms with Crippen LogP contribution in [-0.4, -0.2) is 22.7 Å². The molecule has 0 aliphatic heterocycles. The molecule has 0 aliphatic carbocycles. The molecule has 88 valence electrons. The number of nitrogens with zero attached hydrogens (tertiary/aromatic N) is 2. The third-order valence-corrected chi connectivity index (χ3v) is 2.64. The normalized spacial score (nSPS) is 10.6. The Hall–Kier alpha value is -1.06. The first-order valence-corrected chi connectivity index (χ1v) is 5.61. The summed E-state index contributed by atoms with van der Waals surface area (Å²) in [5.41, 5.74) is 0.508. The van der Waals surface area contributed by atoms with E-state index in [-0.39, 0.29) is 6.61 Å². The van der Waals surface area contributed by atoms with Crippen LogP contribution in [0.3, 0.4) is 0 Å². The minimum Gasteiger partial charge on any atom is -0.390 e. The van der Waals surface area contributed by atoms with Gasteiger partial charge >= 0.3 is 0 Å². The zero-order chi connectivity index (χ0) is 12.1. The molecule has 0 aliphatic rings. The summed E-state index contributed by atoms with van der Waals surface area (Å²) in [5, 5.41) is 9.60. The summed E-state index contributed by atoms with van der Waals surface area (Å²) in [6.07, 6.45) is 1.83. The van der Waals surface area contributed by atoms with Gasteiger partial charge in [0, 0.05) is 12.6 Å². The van der Waals surface area contributed by atoms with E-state index in [1.165, 1.54) is 0 Å². The highest BCUT2D eigenvalue weighted by Crippen LogP contribution is 2.20. The molecular formula is C12H17ClN2O. The Morgan fingerprint density at radius 3 is 2.75 bits per heavy atom. The number of hydrogen-bond acceptors (Lipinski definition) is 3. The van der Waals surface area contributed by atoms with Gasteiger partial charge in [-0.1, -0.05) is 17.7 Å². The average molecular weight is 241 g/mol. The van der Waals surface area contributed by atoms with Gasteiger partial charge in [-0.15, -0.1) is 6.58 Å². The van der Waals surface area contributed by atoms with E-state index in [0.29, 0.717) is 16.8 Å². The van der Waals surface area contributed by atoms with Crippen molar-refractivity contribution in [1.82, 2.24) is 4.98 Å². The molecule has 0 bridgehead atoms. The molecule has 0 amide bonds. The first-order chi connectivity index (χ1) is 7.60. The number of pyridine rings is 1. The monoisotopic (exact) mass is 240 g/mol. The predicted molar refractivity (Wildman–Crippen MR) is 67.8 cm³/mol. The number of aliphatic hydroxyl groups excluding tert-OH is 1. The third kappa shape index (κ3) is 2.97. The molecule has 1 rings (SSSR count). The van der Waals surface area contributed by atoms with Crippen LogP contribution in [0.15, 0.2) is 24.8 Å². The van der Waals surface area contributed by atoms with E-state index >= 15 is 0 Å². The van der Waals surface area contributed by atoms with Crippen molar-refractivity contribution < 1.29 is 5.11 Å². The topological polar surface area (TPSA) is 36.4 Å². The second kappa shape index (κ2) is 5.87. The van der Waals surface area contributed by atoms with Gasteiger partial charge in [0.2, 0.25) is 0 Å². The fraction of sp³-hybridized carbons (Fsp3) is 0.417. The van der Waals surface area contributed by atoms with Gasteiger partial charge in [0.25, 0.3) is 0 Å². The van der Waals surface area contributed by atoms with E-state index in [1.807, 2.05) is 12.1 Å². The second-order valence-electron chi connectivity index (χ2n) is 3.79. The lowest BCUT2D eigenvalue weighted by molar-refractivity contribution is 0.277. The lowest BCUT2D eigenvalue weighted by atomic mass is 10.3. The van der Waals surface area contributed by atoms with Crippen molar-refractivity contribution in [3.63, 3.8) is 0 Å². The maximum absolute atomic E-state index is 9.11. The van der Waals surface area contributed by atoms with Gasteiger partial charge in [-0.05, 0) is 26.0 Å². The van der Waals surface area contributed by atoms with Gasteiger partial charge in [-0.25, -0.2) is 4.98 Å². The molecule has 0 saturated heterocycles. The number of anilines is 1. The highest BCUT2D eigenvalue weighted by Gasteiger charge is 2.12. The Bertz CT molecular complexity index is 366. The van der Waals surface area contributed by atoms with Gasteiger partial charge in [0.05, 0.1) is 17.3 Å². The molecule has 3 nitrogen and oxygen atoms in total. The van der Waals surface area contributed by atoms with Crippen LogP contribution in [0.5, 0.6) is 0 Å². The first-order valence-electron chi connectivity index (χ1n) is 5.24. The first kappa shape index (κ1) is 13.0. The van der Waals surface area contributed by atoms with Crippen molar-refractivity contribution in [2.24, 2.45) is 0 Å². The number of aliphatic hydroxyl groups is 1. The van der Waals surface area contributed by atoms with Crippen LogP contribution in [0.2, 0.25) is 5.02 Å². The quantitative estimate of drug-likeness (QED) is 0.804. The lowest BCUT2D eigenvalue weighted by Crippen LogP contribution is -2.31. The fourth-order valence-corrected chi connectivity index (χ4v) is 1.62. The van der Waals surface area contributed by atoms with Gasteiger partial charge in [0.15, 0.2) is 0 Å². The zero-order valence-electron chi connectivity index (χ0n) is 9.65. The van der Waals surface area contributed by atoms with Crippen molar-refractivity contribution in [1.29, 1.82) is 0 Å². The third-order valence-electron chi connectivity index (χ3n) is 2.30. The molecule has 0 fully saturated rings. The predicted octanol–water partition coefficient (Wildman–Crippen LogP) is 2.63. The standard InChI is InChI=1S/C12H17ClN2O/c1-4-7-15(9(2)3)12-6-5-10(13)11(8-16)14-12/h4-6,9,16H,1,7-8H2,2-3H3. The molecule has 0 unspecified atom stereocenters. The summed E-state index contributed by atoms with van der Waals surface area (Å²) in [6, 6.07) is 3.93. The lowest BCUT2D eigenvalue weighted by Gasteiger charge is -2.26. The highest BCUT2D eigenvalue weighted by atomic mass is 35.5. The molecule has 1 aromatic rings. The minimum absolute atomic E-state index is 0.146. The van der Waals surface area contributed by atoms with Crippen LogP contribution in [-0.2, 0) is 6.61 Å². The number of halogens is 1. The van der Waals surface area contributed by atoms with Crippen molar-refractivity contribution in [3.05, 3.63) is 35.5 Å². The molecule has 0 aromatic carbocycles. The summed E-state index contributed by atoms with van der Waals surface area (Å²) in [7, 11) is 0. The highest BCUT2D eigenvalue weighted by molar-refractivity contribution is 6.31. The van der Waals surface area contributed by atoms with Crippen LogP contribution in [0.4, 0.5) is 5.82 Å². The Labute approximate surface area is 101 Å². The van der Waals surface area contributed by atoms with Crippen LogP contribution >= 0.6 is 11.6 Å². The maximum atomic E-state index is 9.11. The van der Waals surface area contributed by atoms with E-state index in [0.717, 1.165) is 12.4 Å². The molecule has 1 aromatic heterocycles. The van der Waals surface area contributed by atoms with E-state index in [4.69, 9.17) is 16.7 Å². The summed E-state index contributed by atoms with van der Waals surface area (Å²) < 4.78 is 0. The van der Waals surface area contributed by atoms with E-state index in [2.05, 4.69) is 30.3 Å². The Kier molecular flexibility index (Phi) is 4.77. The number of hydrogen-bond donors (Lipinski definition) is 1. The molecule has 4 heteroatoms.